The van der Waals surface area contributed by atoms with Crippen molar-refractivity contribution in [1.29, 1.82) is 0 Å². The van der Waals surface area contributed by atoms with Crippen LogP contribution in [0.25, 0.3) is 0 Å². The number of methoxy groups -OCH3 is 1. The van der Waals surface area contributed by atoms with Crippen LogP contribution >= 0.6 is 0 Å². The predicted octanol–water partition coefficient (Wildman–Crippen LogP) is 1.37. The average molecular weight is 202 g/mol. The van der Waals surface area contributed by atoms with Crippen molar-refractivity contribution in [3.8, 4) is 0 Å². The number of hydrogen-bond donors (Lipinski definition) is 2. The summed E-state index contributed by atoms with van der Waals surface area (Å²) in [7, 11) is 1.76. The van der Waals surface area contributed by atoms with E-state index in [2.05, 4.69) is 26.1 Å². The van der Waals surface area contributed by atoms with Crippen molar-refractivity contribution in [2.24, 2.45) is 11.7 Å². The van der Waals surface area contributed by atoms with Crippen LogP contribution in [0.3, 0.4) is 0 Å². The fourth-order valence-electron chi connectivity index (χ4n) is 1.39. The van der Waals surface area contributed by atoms with Crippen LogP contribution in [0, 0.1) is 5.92 Å². The van der Waals surface area contributed by atoms with Crippen LogP contribution in [0.4, 0.5) is 0 Å². The second-order valence-corrected chi connectivity index (χ2v) is 4.23. The molecular formula is C11H26N2O. The molecule has 0 aromatic carbocycles. The SMILES string of the molecule is COC(C)CCCNC(CN)C(C)C. The van der Waals surface area contributed by atoms with Gasteiger partial charge in [-0.05, 0) is 32.2 Å². The molecule has 0 heterocycles. The van der Waals surface area contributed by atoms with Gasteiger partial charge in [0.15, 0.2) is 0 Å². The van der Waals surface area contributed by atoms with Crippen LogP contribution in [0.1, 0.15) is 33.6 Å². The van der Waals surface area contributed by atoms with Crippen molar-refractivity contribution in [2.75, 3.05) is 20.2 Å². The molecule has 0 amide bonds. The third-order valence-corrected chi connectivity index (χ3v) is 2.65. The van der Waals surface area contributed by atoms with Crippen LogP contribution in [-0.2, 0) is 4.74 Å². The standard InChI is InChI=1S/C11H26N2O/c1-9(2)11(8-12)13-7-5-6-10(3)14-4/h9-11,13H,5-8,12H2,1-4H3. The molecule has 0 aromatic heterocycles. The van der Waals surface area contributed by atoms with Gasteiger partial charge < -0.3 is 15.8 Å². The van der Waals surface area contributed by atoms with Crippen LogP contribution in [0.5, 0.6) is 0 Å². The van der Waals surface area contributed by atoms with Gasteiger partial charge in [0.2, 0.25) is 0 Å². The Hall–Kier alpha value is -0.120. The molecule has 2 unspecified atom stereocenters. The Bertz CT molecular complexity index is 128. The Morgan fingerprint density at radius 3 is 2.36 bits per heavy atom. The van der Waals surface area contributed by atoms with E-state index < -0.39 is 0 Å². The Labute approximate surface area is 88.4 Å². The highest BCUT2D eigenvalue weighted by molar-refractivity contribution is 4.70. The van der Waals surface area contributed by atoms with E-state index in [0.29, 0.717) is 18.1 Å². The molecule has 3 nitrogen and oxygen atoms in total. The van der Waals surface area contributed by atoms with E-state index >= 15 is 0 Å². The van der Waals surface area contributed by atoms with Crippen molar-refractivity contribution >= 4 is 0 Å². The van der Waals surface area contributed by atoms with Crippen LogP contribution in [0.2, 0.25) is 0 Å². The quantitative estimate of drug-likeness (QED) is 0.585. The number of hydrogen-bond acceptors (Lipinski definition) is 3. The minimum Gasteiger partial charge on any atom is -0.382 e. The van der Waals surface area contributed by atoms with E-state index in [1.54, 1.807) is 7.11 Å². The summed E-state index contributed by atoms with van der Waals surface area (Å²) in [6.45, 7) is 8.25. The molecule has 0 rings (SSSR count). The van der Waals surface area contributed by atoms with Gasteiger partial charge in [-0.25, -0.2) is 0 Å². The van der Waals surface area contributed by atoms with Gasteiger partial charge in [0.1, 0.15) is 0 Å². The summed E-state index contributed by atoms with van der Waals surface area (Å²) in [5.74, 6) is 0.611. The maximum atomic E-state index is 5.65. The second-order valence-electron chi connectivity index (χ2n) is 4.23. The first-order valence-electron chi connectivity index (χ1n) is 5.58. The number of rotatable bonds is 8. The largest absolute Gasteiger partial charge is 0.382 e. The van der Waals surface area contributed by atoms with Gasteiger partial charge in [-0.15, -0.1) is 0 Å². The molecule has 0 aromatic rings. The summed E-state index contributed by atoms with van der Waals surface area (Å²) in [5, 5.41) is 3.47. The summed E-state index contributed by atoms with van der Waals surface area (Å²) < 4.78 is 5.18. The van der Waals surface area contributed by atoms with Gasteiger partial charge in [-0.1, -0.05) is 13.8 Å². The molecule has 14 heavy (non-hydrogen) atoms. The molecule has 0 saturated heterocycles. The maximum absolute atomic E-state index is 5.65. The molecule has 0 aliphatic rings. The molecule has 0 radical (unpaired) electrons. The smallest absolute Gasteiger partial charge is 0.0543 e. The molecule has 3 N–H and O–H groups in total. The van der Waals surface area contributed by atoms with Crippen LogP contribution in [0.15, 0.2) is 0 Å². The molecule has 3 heteroatoms. The number of nitrogens with one attached hydrogen (secondary N) is 1. The summed E-state index contributed by atoms with van der Waals surface area (Å²) in [5.41, 5.74) is 5.65. The van der Waals surface area contributed by atoms with E-state index in [0.717, 1.165) is 25.9 Å². The van der Waals surface area contributed by atoms with Crippen molar-refractivity contribution in [3.05, 3.63) is 0 Å². The highest BCUT2D eigenvalue weighted by atomic mass is 16.5. The Kier molecular flexibility index (Phi) is 8.14. The van der Waals surface area contributed by atoms with E-state index in [4.69, 9.17) is 10.5 Å². The highest BCUT2D eigenvalue weighted by Crippen LogP contribution is 2.02. The lowest BCUT2D eigenvalue weighted by Gasteiger charge is -2.20. The van der Waals surface area contributed by atoms with E-state index in [-0.39, 0.29) is 0 Å². The minimum absolute atomic E-state index is 0.368. The van der Waals surface area contributed by atoms with E-state index in [1.165, 1.54) is 0 Å². The first-order chi connectivity index (χ1) is 6.61. The molecule has 0 spiro atoms. The maximum Gasteiger partial charge on any atom is 0.0543 e. The third-order valence-electron chi connectivity index (χ3n) is 2.65. The molecule has 0 aliphatic carbocycles. The summed E-state index contributed by atoms with van der Waals surface area (Å²) in [4.78, 5) is 0. The normalized spacial score (nSPS) is 15.9. The Morgan fingerprint density at radius 1 is 1.29 bits per heavy atom. The summed E-state index contributed by atoms with van der Waals surface area (Å²) >= 11 is 0. The average Bonchev–Trinajstić information content (AvgIpc) is 2.16. The Morgan fingerprint density at radius 2 is 1.93 bits per heavy atom. The molecule has 0 fully saturated rings. The zero-order valence-electron chi connectivity index (χ0n) is 10.0. The predicted molar refractivity (Wildman–Crippen MR) is 61.4 cm³/mol. The zero-order valence-corrected chi connectivity index (χ0v) is 10.0. The van der Waals surface area contributed by atoms with Gasteiger partial charge in [-0.3, -0.25) is 0 Å². The summed E-state index contributed by atoms with van der Waals surface area (Å²) in [6, 6.07) is 0.452. The monoisotopic (exact) mass is 202 g/mol. The fraction of sp³-hybridized carbons (Fsp3) is 1.00. The molecule has 0 saturated carbocycles. The third kappa shape index (κ3) is 6.35. The van der Waals surface area contributed by atoms with E-state index in [9.17, 15) is 0 Å². The molecule has 2 atom stereocenters. The number of ether oxygens (including phenoxy) is 1. The minimum atomic E-state index is 0.368. The van der Waals surface area contributed by atoms with Crippen molar-refractivity contribution in [2.45, 2.75) is 45.8 Å². The molecule has 0 bridgehead atoms. The van der Waals surface area contributed by atoms with Crippen molar-refractivity contribution in [1.82, 2.24) is 5.32 Å². The fourth-order valence-corrected chi connectivity index (χ4v) is 1.39. The van der Waals surface area contributed by atoms with Crippen LogP contribution < -0.4 is 11.1 Å². The zero-order chi connectivity index (χ0) is 11.0. The molecular weight excluding hydrogens is 176 g/mol. The van der Waals surface area contributed by atoms with Gasteiger partial charge in [0.05, 0.1) is 6.10 Å². The van der Waals surface area contributed by atoms with E-state index in [1.807, 2.05) is 0 Å². The van der Waals surface area contributed by atoms with Crippen molar-refractivity contribution in [3.63, 3.8) is 0 Å². The first kappa shape index (κ1) is 13.9. The lowest BCUT2D eigenvalue weighted by atomic mass is 10.0. The van der Waals surface area contributed by atoms with Gasteiger partial charge in [0.25, 0.3) is 0 Å². The van der Waals surface area contributed by atoms with Gasteiger partial charge in [-0.2, -0.15) is 0 Å². The topological polar surface area (TPSA) is 47.3 Å². The number of nitrogens with two attached hydrogens (primary N) is 1. The van der Waals surface area contributed by atoms with Gasteiger partial charge >= 0.3 is 0 Å². The lowest BCUT2D eigenvalue weighted by molar-refractivity contribution is 0.109. The highest BCUT2D eigenvalue weighted by Gasteiger charge is 2.09. The second kappa shape index (κ2) is 8.21. The van der Waals surface area contributed by atoms with Crippen LogP contribution in [-0.4, -0.2) is 32.3 Å². The molecule has 86 valence electrons. The Balaban J connectivity index is 3.42. The first-order valence-corrected chi connectivity index (χ1v) is 5.58. The van der Waals surface area contributed by atoms with Gasteiger partial charge in [0, 0.05) is 19.7 Å². The summed E-state index contributed by atoms with van der Waals surface area (Å²) in [6.07, 6.45) is 2.63. The lowest BCUT2D eigenvalue weighted by Crippen LogP contribution is -2.40. The van der Waals surface area contributed by atoms with Crippen molar-refractivity contribution < 1.29 is 4.74 Å². The molecule has 0 aliphatic heterocycles.